The largest absolute Gasteiger partial charge is 0.255 e. The van der Waals surface area contributed by atoms with Gasteiger partial charge in [-0.2, -0.15) is 5.26 Å². The van der Waals surface area contributed by atoms with Gasteiger partial charge in [0.25, 0.3) is 0 Å². The van der Waals surface area contributed by atoms with Crippen LogP contribution in [0.3, 0.4) is 0 Å². The summed E-state index contributed by atoms with van der Waals surface area (Å²) >= 11 is 0. The zero-order valence-corrected chi connectivity index (χ0v) is 7.36. The quantitative estimate of drug-likeness (QED) is 0.579. The van der Waals surface area contributed by atoms with E-state index in [2.05, 4.69) is 16.8 Å². The summed E-state index contributed by atoms with van der Waals surface area (Å²) in [7, 11) is 0. The maximum atomic E-state index is 8.30. The molecule has 0 unspecified atom stereocenters. The smallest absolute Gasteiger partial charge is 0.152 e. The van der Waals surface area contributed by atoms with Crippen molar-refractivity contribution in [3.63, 3.8) is 0 Å². The van der Waals surface area contributed by atoms with E-state index in [4.69, 9.17) is 5.26 Å². The minimum Gasteiger partial charge on any atom is -0.255 e. The van der Waals surface area contributed by atoms with Crippen molar-refractivity contribution in [2.24, 2.45) is 0 Å². The highest BCUT2D eigenvalue weighted by molar-refractivity contribution is 5.79. The fourth-order valence-electron chi connectivity index (χ4n) is 1.24. The van der Waals surface area contributed by atoms with E-state index in [0.717, 1.165) is 16.5 Å². The highest BCUT2D eigenvalue weighted by Crippen LogP contribution is 2.11. The molecule has 2 rings (SSSR count). The van der Waals surface area contributed by atoms with Gasteiger partial charge in [0.15, 0.2) is 6.07 Å². The van der Waals surface area contributed by atoms with Gasteiger partial charge in [-0.3, -0.25) is 4.98 Å². The van der Waals surface area contributed by atoms with Crippen LogP contribution in [-0.2, 0) is 0 Å². The molecule has 0 radical (unpaired) electrons. The summed E-state index contributed by atoms with van der Waals surface area (Å²) in [6.45, 7) is 0. The molecule has 0 aliphatic carbocycles. The second kappa shape index (κ2) is 3.60. The fourth-order valence-corrected chi connectivity index (χ4v) is 1.24. The molecule has 0 N–H and O–H groups in total. The second-order valence-electron chi connectivity index (χ2n) is 2.78. The topological polar surface area (TPSA) is 36.7 Å². The molecule has 0 bridgehead atoms. The van der Waals surface area contributed by atoms with Crippen LogP contribution in [0.15, 0.2) is 36.5 Å². The SMILES string of the molecule is N#CC#Cc1cnc2ccccc2c1. The van der Waals surface area contributed by atoms with Gasteiger partial charge in [0.1, 0.15) is 0 Å². The zero-order chi connectivity index (χ0) is 9.80. The highest BCUT2D eigenvalue weighted by atomic mass is 14.6. The van der Waals surface area contributed by atoms with Gasteiger partial charge in [0.2, 0.25) is 0 Å². The third-order valence-electron chi connectivity index (χ3n) is 1.85. The molecule has 0 fully saturated rings. The summed E-state index contributed by atoms with van der Waals surface area (Å²) < 4.78 is 0. The molecule has 0 amide bonds. The first-order valence-electron chi connectivity index (χ1n) is 4.15. The fraction of sp³-hybridized carbons (Fsp3) is 0. The van der Waals surface area contributed by atoms with Crippen LogP contribution in [0.4, 0.5) is 0 Å². The summed E-state index contributed by atoms with van der Waals surface area (Å²) in [5, 5.41) is 9.34. The minimum absolute atomic E-state index is 0.769. The maximum absolute atomic E-state index is 8.30. The van der Waals surface area contributed by atoms with Crippen molar-refractivity contribution < 1.29 is 0 Å². The van der Waals surface area contributed by atoms with E-state index in [9.17, 15) is 0 Å². The van der Waals surface area contributed by atoms with Crippen LogP contribution in [0.2, 0.25) is 0 Å². The van der Waals surface area contributed by atoms with Gasteiger partial charge < -0.3 is 0 Å². The average Bonchev–Trinajstić information content (AvgIpc) is 2.26. The molecule has 2 aromatic rings. The monoisotopic (exact) mass is 178 g/mol. The average molecular weight is 178 g/mol. The molecule has 1 aromatic heterocycles. The van der Waals surface area contributed by atoms with Gasteiger partial charge in [-0.05, 0) is 18.1 Å². The second-order valence-corrected chi connectivity index (χ2v) is 2.78. The van der Waals surface area contributed by atoms with Crippen LogP contribution in [-0.4, -0.2) is 4.98 Å². The van der Waals surface area contributed by atoms with E-state index < -0.39 is 0 Å². The van der Waals surface area contributed by atoms with Crippen LogP contribution < -0.4 is 0 Å². The summed E-state index contributed by atoms with van der Waals surface area (Å²) in [6.07, 6.45) is 1.67. The Balaban J connectivity index is 2.58. The molecule has 14 heavy (non-hydrogen) atoms. The molecule has 1 aromatic carbocycles. The highest BCUT2D eigenvalue weighted by Gasteiger charge is 1.93. The Bertz CT molecular complexity index is 568. The molecule has 64 valence electrons. The molecule has 0 spiro atoms. The van der Waals surface area contributed by atoms with Gasteiger partial charge in [-0.15, -0.1) is 0 Å². The first-order valence-corrected chi connectivity index (χ1v) is 4.15. The predicted molar refractivity (Wildman–Crippen MR) is 54.2 cm³/mol. The Morgan fingerprint density at radius 3 is 2.93 bits per heavy atom. The lowest BCUT2D eigenvalue weighted by atomic mass is 10.2. The van der Waals surface area contributed by atoms with E-state index in [0.29, 0.717) is 0 Å². The molecule has 2 heteroatoms. The maximum Gasteiger partial charge on any atom is 0.152 e. The Hall–Kier alpha value is -2.32. The van der Waals surface area contributed by atoms with Gasteiger partial charge in [0, 0.05) is 23.1 Å². The molecule has 0 aliphatic heterocycles. The molecular formula is C12H6N2. The van der Waals surface area contributed by atoms with E-state index in [1.807, 2.05) is 30.3 Å². The Labute approximate surface area is 81.8 Å². The molecular weight excluding hydrogens is 172 g/mol. The van der Waals surface area contributed by atoms with E-state index in [1.165, 1.54) is 0 Å². The van der Waals surface area contributed by atoms with Crippen molar-refractivity contribution in [2.45, 2.75) is 0 Å². The third-order valence-corrected chi connectivity index (χ3v) is 1.85. The van der Waals surface area contributed by atoms with Crippen molar-refractivity contribution in [2.75, 3.05) is 0 Å². The number of nitriles is 1. The summed E-state index contributed by atoms with van der Waals surface area (Å²) in [6, 6.07) is 11.5. The van der Waals surface area contributed by atoms with Crippen molar-refractivity contribution in [1.29, 1.82) is 5.26 Å². The van der Waals surface area contributed by atoms with Crippen molar-refractivity contribution >= 4 is 10.9 Å². The summed E-state index contributed by atoms with van der Waals surface area (Å²) in [5.41, 5.74) is 1.71. The number of hydrogen-bond donors (Lipinski definition) is 0. The standard InChI is InChI=1S/C12H6N2/c13-7-3-4-10-8-11-5-1-2-6-12(11)14-9-10/h1-2,5-6,8-9H. The van der Waals surface area contributed by atoms with Crippen LogP contribution in [0, 0.1) is 23.2 Å². The van der Waals surface area contributed by atoms with Gasteiger partial charge >= 0.3 is 0 Å². The number of pyridine rings is 1. The van der Waals surface area contributed by atoms with Crippen molar-refractivity contribution in [3.05, 3.63) is 42.1 Å². The predicted octanol–water partition coefficient (Wildman–Crippen LogP) is 2.11. The minimum atomic E-state index is 0.769. The molecule has 0 atom stereocenters. The van der Waals surface area contributed by atoms with E-state index >= 15 is 0 Å². The Morgan fingerprint density at radius 1 is 1.21 bits per heavy atom. The lowest BCUT2D eigenvalue weighted by Gasteiger charge is -1.95. The number of benzene rings is 1. The van der Waals surface area contributed by atoms with E-state index in [-0.39, 0.29) is 0 Å². The van der Waals surface area contributed by atoms with Crippen LogP contribution in [0.1, 0.15) is 5.56 Å². The Kier molecular flexibility index (Phi) is 2.13. The van der Waals surface area contributed by atoms with Crippen molar-refractivity contribution in [1.82, 2.24) is 4.98 Å². The molecule has 1 heterocycles. The lowest BCUT2D eigenvalue weighted by molar-refractivity contribution is 1.39. The Morgan fingerprint density at radius 2 is 2.07 bits per heavy atom. The van der Waals surface area contributed by atoms with Crippen LogP contribution in [0.5, 0.6) is 0 Å². The van der Waals surface area contributed by atoms with Gasteiger partial charge in [-0.25, -0.2) is 0 Å². The van der Waals surface area contributed by atoms with E-state index in [1.54, 1.807) is 12.3 Å². The van der Waals surface area contributed by atoms with Crippen molar-refractivity contribution in [3.8, 4) is 17.9 Å². The first kappa shape index (κ1) is 8.29. The molecule has 0 aliphatic rings. The molecule has 0 saturated heterocycles. The van der Waals surface area contributed by atoms with Crippen LogP contribution in [0.25, 0.3) is 10.9 Å². The number of rotatable bonds is 0. The summed E-state index contributed by atoms with van der Waals surface area (Å²) in [4.78, 5) is 4.22. The third kappa shape index (κ3) is 1.55. The number of nitrogens with zero attached hydrogens (tertiary/aromatic N) is 2. The molecule has 2 nitrogen and oxygen atoms in total. The summed E-state index contributed by atoms with van der Waals surface area (Å²) in [5.74, 6) is 5.06. The van der Waals surface area contributed by atoms with Gasteiger partial charge in [0.05, 0.1) is 5.52 Å². The van der Waals surface area contributed by atoms with Gasteiger partial charge in [-0.1, -0.05) is 18.2 Å². The normalized spacial score (nSPS) is 8.79. The first-order chi connectivity index (χ1) is 6.90. The lowest BCUT2D eigenvalue weighted by Crippen LogP contribution is -1.80. The number of para-hydroxylation sites is 1. The number of aromatic nitrogens is 1. The molecule has 0 saturated carbocycles. The number of fused-ring (bicyclic) bond motifs is 1. The van der Waals surface area contributed by atoms with Crippen LogP contribution >= 0.6 is 0 Å². The zero-order valence-electron chi connectivity index (χ0n) is 7.36. The number of hydrogen-bond acceptors (Lipinski definition) is 2.